The molecule has 0 spiro atoms. The molecule has 0 N–H and O–H groups in total. The maximum absolute atomic E-state index is 8.34. The van der Waals surface area contributed by atoms with Crippen molar-refractivity contribution in [3.05, 3.63) is 0 Å². The Morgan fingerprint density at radius 1 is 1.20 bits per heavy atom. The van der Waals surface area contributed by atoms with Crippen LogP contribution in [0.2, 0.25) is 6.04 Å². The highest BCUT2D eigenvalue weighted by Gasteiger charge is 2.37. The summed E-state index contributed by atoms with van der Waals surface area (Å²) < 4.78 is 14.8. The number of hydrogen-bond donors (Lipinski definition) is 0. The molecule has 5 heteroatoms. The van der Waals surface area contributed by atoms with Gasteiger partial charge < -0.3 is 13.3 Å². The highest BCUT2D eigenvalue weighted by molar-refractivity contribution is 6.61. The van der Waals surface area contributed by atoms with E-state index in [4.69, 9.17) is 18.5 Å². The van der Waals surface area contributed by atoms with Gasteiger partial charge in [0.1, 0.15) is 6.04 Å². The summed E-state index contributed by atoms with van der Waals surface area (Å²) in [6.45, 7) is 0. The molecule has 0 aliphatic carbocycles. The number of rotatable bonds is 4. The van der Waals surface area contributed by atoms with Crippen LogP contribution in [0.1, 0.15) is 0 Å². The van der Waals surface area contributed by atoms with Crippen LogP contribution in [-0.2, 0) is 13.3 Å². The molecule has 0 atom stereocenters. The maximum atomic E-state index is 8.34. The molecule has 0 heterocycles. The van der Waals surface area contributed by atoms with Crippen molar-refractivity contribution in [2.24, 2.45) is 0 Å². The van der Waals surface area contributed by atoms with Crippen molar-refractivity contribution in [2.75, 3.05) is 21.3 Å². The Balaban J connectivity index is 4.04. The van der Waals surface area contributed by atoms with Crippen LogP contribution in [0, 0.1) is 11.3 Å². The zero-order valence-corrected chi connectivity index (χ0v) is 7.38. The summed E-state index contributed by atoms with van der Waals surface area (Å²) in [5.41, 5.74) is 0. The lowest BCUT2D eigenvalue weighted by atomic mass is 10.9. The van der Waals surface area contributed by atoms with E-state index in [0.717, 1.165) is 0 Å². The van der Waals surface area contributed by atoms with Gasteiger partial charge in [-0.3, -0.25) is 0 Å². The third-order valence-electron chi connectivity index (χ3n) is 1.23. The summed E-state index contributed by atoms with van der Waals surface area (Å²) in [5, 5.41) is 8.34. The zero-order valence-electron chi connectivity index (χ0n) is 6.38. The van der Waals surface area contributed by atoms with Gasteiger partial charge in [0.2, 0.25) is 0 Å². The lowest BCUT2D eigenvalue weighted by Crippen LogP contribution is -2.42. The van der Waals surface area contributed by atoms with Crippen LogP contribution in [0.5, 0.6) is 0 Å². The lowest BCUT2D eigenvalue weighted by Gasteiger charge is -2.20. The Labute approximate surface area is 61.7 Å². The molecule has 0 unspecified atom stereocenters. The Bertz CT molecular complexity index is 121. The molecule has 0 saturated heterocycles. The van der Waals surface area contributed by atoms with Crippen LogP contribution in [0.25, 0.3) is 0 Å². The second-order valence-corrected chi connectivity index (χ2v) is 4.57. The first-order chi connectivity index (χ1) is 4.74. The van der Waals surface area contributed by atoms with Crippen molar-refractivity contribution in [1.82, 2.24) is 0 Å². The topological polar surface area (TPSA) is 51.5 Å². The van der Waals surface area contributed by atoms with Gasteiger partial charge in [-0.1, -0.05) is 0 Å². The predicted molar refractivity (Wildman–Crippen MR) is 37.2 cm³/mol. The Kier molecular flexibility index (Phi) is 4.23. The van der Waals surface area contributed by atoms with Crippen LogP contribution in [0.15, 0.2) is 0 Å². The van der Waals surface area contributed by atoms with Crippen LogP contribution in [0.3, 0.4) is 0 Å². The van der Waals surface area contributed by atoms with E-state index >= 15 is 0 Å². The molecule has 0 aliphatic heterocycles. The molecule has 0 aromatic carbocycles. The van der Waals surface area contributed by atoms with Crippen molar-refractivity contribution >= 4 is 8.80 Å². The van der Waals surface area contributed by atoms with Crippen LogP contribution < -0.4 is 0 Å². The van der Waals surface area contributed by atoms with E-state index in [1.54, 1.807) is 0 Å². The molecule has 0 rings (SSSR count). The van der Waals surface area contributed by atoms with Gasteiger partial charge in [0.25, 0.3) is 0 Å². The fraction of sp³-hybridized carbons (Fsp3) is 0.800. The predicted octanol–water partition coefficient (Wildman–Crippen LogP) is 0.388. The number of nitrogens with zero attached hydrogens (tertiary/aromatic N) is 1. The van der Waals surface area contributed by atoms with Gasteiger partial charge in [-0.25, -0.2) is 0 Å². The first-order valence-electron chi connectivity index (χ1n) is 2.77. The largest absolute Gasteiger partial charge is 0.514 e. The third kappa shape index (κ3) is 2.08. The summed E-state index contributed by atoms with van der Waals surface area (Å²) in [5.74, 6) is 0. The highest BCUT2D eigenvalue weighted by atomic mass is 28.4. The smallest absolute Gasteiger partial charge is 0.376 e. The van der Waals surface area contributed by atoms with Gasteiger partial charge in [-0.2, -0.15) is 5.26 Å². The molecule has 58 valence electrons. The van der Waals surface area contributed by atoms with E-state index in [-0.39, 0.29) is 6.04 Å². The second-order valence-electron chi connectivity index (χ2n) is 1.63. The van der Waals surface area contributed by atoms with E-state index in [2.05, 4.69) is 0 Å². The normalized spacial score (nSPS) is 11.0. The van der Waals surface area contributed by atoms with E-state index in [9.17, 15) is 0 Å². The third-order valence-corrected chi connectivity index (χ3v) is 3.69. The fourth-order valence-electron chi connectivity index (χ4n) is 0.563. The van der Waals surface area contributed by atoms with Crippen molar-refractivity contribution < 1.29 is 13.3 Å². The van der Waals surface area contributed by atoms with Crippen molar-refractivity contribution in [3.63, 3.8) is 0 Å². The fourth-order valence-corrected chi connectivity index (χ4v) is 1.69. The summed E-state index contributed by atoms with van der Waals surface area (Å²) >= 11 is 0. The average Bonchev–Trinajstić information content (AvgIpc) is 2.01. The molecule has 4 nitrogen and oxygen atoms in total. The standard InChI is InChI=1S/C5H11NO3Si/c1-7-10(8-2,9-3)5-4-6/h5H2,1-3H3. The molecular weight excluding hydrogens is 150 g/mol. The molecule has 0 saturated carbocycles. The van der Waals surface area contributed by atoms with Gasteiger partial charge in [0.05, 0.1) is 6.07 Å². The Morgan fingerprint density at radius 3 is 1.70 bits per heavy atom. The van der Waals surface area contributed by atoms with E-state index in [1.165, 1.54) is 21.3 Å². The monoisotopic (exact) mass is 161 g/mol. The highest BCUT2D eigenvalue weighted by Crippen LogP contribution is 2.10. The Morgan fingerprint density at radius 2 is 1.60 bits per heavy atom. The molecule has 0 radical (unpaired) electrons. The van der Waals surface area contributed by atoms with Gasteiger partial charge in [0.15, 0.2) is 0 Å². The minimum atomic E-state index is -2.58. The van der Waals surface area contributed by atoms with Crippen molar-refractivity contribution in [3.8, 4) is 6.07 Å². The molecule has 0 aromatic rings. The van der Waals surface area contributed by atoms with Crippen LogP contribution in [0.4, 0.5) is 0 Å². The first kappa shape index (κ1) is 9.59. The summed E-state index contributed by atoms with van der Waals surface area (Å²) in [4.78, 5) is 0. The minimum absolute atomic E-state index is 0.191. The molecule has 0 aliphatic rings. The van der Waals surface area contributed by atoms with Crippen molar-refractivity contribution in [2.45, 2.75) is 6.04 Å². The molecule has 0 amide bonds. The molecule has 0 aromatic heterocycles. The number of hydrogen-bond acceptors (Lipinski definition) is 4. The van der Waals surface area contributed by atoms with Crippen molar-refractivity contribution in [1.29, 1.82) is 5.26 Å². The number of nitriles is 1. The van der Waals surface area contributed by atoms with Gasteiger partial charge in [-0.05, 0) is 0 Å². The van der Waals surface area contributed by atoms with E-state index < -0.39 is 8.80 Å². The quantitative estimate of drug-likeness (QED) is 0.560. The Hall–Kier alpha value is -0.413. The molecule has 0 bridgehead atoms. The zero-order chi connectivity index (χ0) is 8.04. The summed E-state index contributed by atoms with van der Waals surface area (Å²) in [6.07, 6.45) is 0. The first-order valence-corrected chi connectivity index (χ1v) is 4.70. The molecule has 10 heavy (non-hydrogen) atoms. The SMILES string of the molecule is CO[Si](CC#N)(OC)OC. The van der Waals surface area contributed by atoms with E-state index in [0.29, 0.717) is 0 Å². The van der Waals surface area contributed by atoms with Crippen LogP contribution >= 0.6 is 0 Å². The lowest BCUT2D eigenvalue weighted by molar-refractivity contribution is 0.127. The molecular formula is C5H11NO3Si. The van der Waals surface area contributed by atoms with Crippen LogP contribution in [-0.4, -0.2) is 30.1 Å². The minimum Gasteiger partial charge on any atom is -0.376 e. The summed E-state index contributed by atoms with van der Waals surface area (Å²) in [7, 11) is 1.87. The second kappa shape index (κ2) is 4.41. The molecule has 0 fully saturated rings. The average molecular weight is 161 g/mol. The van der Waals surface area contributed by atoms with E-state index in [1.807, 2.05) is 6.07 Å². The van der Waals surface area contributed by atoms with Gasteiger partial charge >= 0.3 is 8.80 Å². The maximum Gasteiger partial charge on any atom is 0.514 e. The van der Waals surface area contributed by atoms with Gasteiger partial charge in [0, 0.05) is 21.3 Å². The summed E-state index contributed by atoms with van der Waals surface area (Å²) in [6, 6.07) is 2.14. The van der Waals surface area contributed by atoms with Gasteiger partial charge in [-0.15, -0.1) is 0 Å².